The van der Waals surface area contributed by atoms with E-state index in [1.54, 1.807) is 17.6 Å². The van der Waals surface area contributed by atoms with E-state index in [0.29, 0.717) is 12.0 Å². The van der Waals surface area contributed by atoms with Crippen LogP contribution in [-0.4, -0.2) is 30.1 Å². The van der Waals surface area contributed by atoms with E-state index in [1.165, 1.54) is 4.88 Å². The number of guanidine groups is 1. The van der Waals surface area contributed by atoms with Gasteiger partial charge in [0.2, 0.25) is 0 Å². The van der Waals surface area contributed by atoms with Crippen LogP contribution in [0.25, 0.3) is 0 Å². The molecule has 2 heterocycles. The Labute approximate surface area is 148 Å². The number of nitrogens with zero attached hydrogens (tertiary/aromatic N) is 2. The normalized spacial score (nSPS) is 14.4. The van der Waals surface area contributed by atoms with Gasteiger partial charge in [-0.3, -0.25) is 4.99 Å². The number of aliphatic imine (C=N–C) groups is 1. The summed E-state index contributed by atoms with van der Waals surface area (Å²) in [5, 5.41) is 8.00. The second-order valence-corrected chi connectivity index (χ2v) is 7.38. The number of furan rings is 1. The van der Waals surface area contributed by atoms with Crippen molar-refractivity contribution in [3.8, 4) is 0 Å². The van der Waals surface area contributed by atoms with Crippen molar-refractivity contribution in [2.24, 2.45) is 4.99 Å². The van der Waals surface area contributed by atoms with Crippen molar-refractivity contribution in [1.82, 2.24) is 15.6 Å². The summed E-state index contributed by atoms with van der Waals surface area (Å²) in [5.41, 5.74) is 0. The first-order valence-electron chi connectivity index (χ1n) is 8.58. The van der Waals surface area contributed by atoms with E-state index in [4.69, 9.17) is 9.41 Å². The lowest BCUT2D eigenvalue weighted by atomic mass is 10.2. The van der Waals surface area contributed by atoms with Crippen molar-refractivity contribution >= 4 is 17.3 Å². The van der Waals surface area contributed by atoms with Gasteiger partial charge < -0.3 is 15.1 Å². The fourth-order valence-corrected chi connectivity index (χ4v) is 2.97. The summed E-state index contributed by atoms with van der Waals surface area (Å²) in [6.07, 6.45) is 5.54. The van der Waals surface area contributed by atoms with E-state index in [1.807, 2.05) is 18.3 Å². The highest BCUT2D eigenvalue weighted by Gasteiger charge is 2.10. The Bertz CT molecular complexity index is 621. The first kappa shape index (κ1) is 18.5. The molecule has 2 atom stereocenters. The highest BCUT2D eigenvalue weighted by atomic mass is 32.1. The molecule has 6 heteroatoms. The lowest BCUT2D eigenvalue weighted by molar-refractivity contribution is 0.506. The first-order chi connectivity index (χ1) is 11.6. The smallest absolute Gasteiger partial charge is 0.191 e. The summed E-state index contributed by atoms with van der Waals surface area (Å²) in [6, 6.07) is 4.30. The molecule has 0 saturated heterocycles. The summed E-state index contributed by atoms with van der Waals surface area (Å²) < 4.78 is 5.37. The van der Waals surface area contributed by atoms with Crippen molar-refractivity contribution in [2.75, 3.05) is 13.1 Å². The predicted octanol–water partition coefficient (Wildman–Crippen LogP) is 3.72. The first-order valence-corrected chi connectivity index (χ1v) is 9.39. The average molecular weight is 349 g/mol. The Morgan fingerprint density at radius 3 is 2.88 bits per heavy atom. The number of rotatable bonds is 8. The molecule has 0 bridgehead atoms. The molecular weight excluding hydrogens is 320 g/mol. The van der Waals surface area contributed by atoms with E-state index in [-0.39, 0.29) is 0 Å². The van der Waals surface area contributed by atoms with Crippen LogP contribution in [0.15, 0.2) is 34.0 Å². The molecule has 2 rings (SSSR count). The number of hydrogen-bond donors (Lipinski definition) is 2. The third-order valence-electron chi connectivity index (χ3n) is 3.82. The Kier molecular flexibility index (Phi) is 7.31. The van der Waals surface area contributed by atoms with E-state index in [9.17, 15) is 0 Å². The number of aryl methyl sites for hydroxylation is 1. The summed E-state index contributed by atoms with van der Waals surface area (Å²) in [5.74, 6) is 2.16. The molecule has 0 aliphatic heterocycles. The molecule has 0 spiro atoms. The lowest BCUT2D eigenvalue weighted by Gasteiger charge is -2.17. The van der Waals surface area contributed by atoms with Gasteiger partial charge in [0.1, 0.15) is 5.76 Å². The van der Waals surface area contributed by atoms with E-state index < -0.39 is 0 Å². The van der Waals surface area contributed by atoms with Gasteiger partial charge in [-0.1, -0.05) is 13.8 Å². The Morgan fingerprint density at radius 2 is 2.25 bits per heavy atom. The van der Waals surface area contributed by atoms with Crippen LogP contribution in [0.4, 0.5) is 0 Å². The molecule has 132 valence electrons. The van der Waals surface area contributed by atoms with E-state index >= 15 is 0 Å². The summed E-state index contributed by atoms with van der Waals surface area (Å²) in [4.78, 5) is 10.5. The van der Waals surface area contributed by atoms with Crippen LogP contribution in [0.1, 0.15) is 48.8 Å². The van der Waals surface area contributed by atoms with E-state index in [0.717, 1.165) is 42.7 Å². The fraction of sp³-hybridized carbons (Fsp3) is 0.556. The largest absolute Gasteiger partial charge is 0.469 e. The number of aromatic nitrogens is 1. The molecule has 24 heavy (non-hydrogen) atoms. The summed E-state index contributed by atoms with van der Waals surface area (Å²) in [7, 11) is 0. The van der Waals surface area contributed by atoms with Gasteiger partial charge >= 0.3 is 0 Å². The van der Waals surface area contributed by atoms with Crippen LogP contribution in [0.5, 0.6) is 0 Å². The predicted molar refractivity (Wildman–Crippen MR) is 101 cm³/mol. The number of nitrogens with one attached hydrogen (secondary N) is 2. The lowest BCUT2D eigenvalue weighted by Crippen LogP contribution is -2.43. The monoisotopic (exact) mass is 348 g/mol. The second-order valence-electron chi connectivity index (χ2n) is 6.11. The maximum absolute atomic E-state index is 5.37. The quantitative estimate of drug-likeness (QED) is 0.564. The van der Waals surface area contributed by atoms with Crippen LogP contribution in [0.3, 0.4) is 0 Å². The van der Waals surface area contributed by atoms with Crippen LogP contribution in [0.2, 0.25) is 0 Å². The minimum Gasteiger partial charge on any atom is -0.469 e. The zero-order valence-corrected chi connectivity index (χ0v) is 15.8. The SMILES string of the molecule is CCC(C)NC(=NCC(C)c1ncc(C)s1)NCCc1ccco1. The molecule has 5 nitrogen and oxygen atoms in total. The van der Waals surface area contributed by atoms with Gasteiger partial charge in [-0.2, -0.15) is 0 Å². The number of thiazole rings is 1. The second kappa shape index (κ2) is 9.47. The maximum Gasteiger partial charge on any atom is 0.191 e. The van der Waals surface area contributed by atoms with Gasteiger partial charge in [-0.15, -0.1) is 11.3 Å². The summed E-state index contributed by atoms with van der Waals surface area (Å²) in [6.45, 7) is 10.1. The topological polar surface area (TPSA) is 62.5 Å². The Balaban J connectivity index is 1.90. The van der Waals surface area contributed by atoms with Crippen molar-refractivity contribution in [3.63, 3.8) is 0 Å². The molecular formula is C18H28N4OS. The molecule has 0 amide bonds. The third kappa shape index (κ3) is 6.00. The zero-order valence-electron chi connectivity index (χ0n) is 15.0. The number of hydrogen-bond acceptors (Lipinski definition) is 4. The molecule has 2 unspecified atom stereocenters. The van der Waals surface area contributed by atoms with Crippen LogP contribution >= 0.6 is 11.3 Å². The molecule has 0 aromatic carbocycles. The maximum atomic E-state index is 5.37. The summed E-state index contributed by atoms with van der Waals surface area (Å²) >= 11 is 1.75. The third-order valence-corrected chi connectivity index (χ3v) is 4.97. The fourth-order valence-electron chi connectivity index (χ4n) is 2.15. The zero-order chi connectivity index (χ0) is 17.4. The van der Waals surface area contributed by atoms with Crippen molar-refractivity contribution < 1.29 is 4.42 Å². The molecule has 0 fully saturated rings. The molecule has 2 aromatic heterocycles. The van der Waals surface area contributed by atoms with Gasteiger partial charge in [-0.05, 0) is 32.4 Å². The van der Waals surface area contributed by atoms with Gasteiger partial charge in [0, 0.05) is 36.0 Å². The Morgan fingerprint density at radius 1 is 1.42 bits per heavy atom. The Hall–Kier alpha value is -1.82. The standard InChI is InChI=1S/C18H28N4OS/c1-5-14(3)22-18(19-9-8-16-7-6-10-23-16)21-11-13(2)17-20-12-15(4)24-17/h6-7,10,12-14H,5,8-9,11H2,1-4H3,(H2,19,21,22). The van der Waals surface area contributed by atoms with Gasteiger partial charge in [0.15, 0.2) is 5.96 Å². The molecule has 0 aliphatic rings. The molecule has 0 radical (unpaired) electrons. The highest BCUT2D eigenvalue weighted by Crippen LogP contribution is 2.21. The van der Waals surface area contributed by atoms with Crippen LogP contribution < -0.4 is 10.6 Å². The van der Waals surface area contributed by atoms with Gasteiger partial charge in [0.05, 0.1) is 17.8 Å². The minimum absolute atomic E-state index is 0.323. The van der Waals surface area contributed by atoms with E-state index in [2.05, 4.69) is 43.3 Å². The average Bonchev–Trinajstić information content (AvgIpc) is 3.23. The molecule has 0 aliphatic carbocycles. The van der Waals surface area contributed by atoms with Crippen molar-refractivity contribution in [3.05, 3.63) is 40.2 Å². The molecule has 2 aromatic rings. The van der Waals surface area contributed by atoms with Gasteiger partial charge in [-0.25, -0.2) is 4.98 Å². The van der Waals surface area contributed by atoms with Crippen LogP contribution in [-0.2, 0) is 6.42 Å². The minimum atomic E-state index is 0.323. The molecule has 0 saturated carbocycles. The van der Waals surface area contributed by atoms with Crippen molar-refractivity contribution in [1.29, 1.82) is 0 Å². The van der Waals surface area contributed by atoms with Crippen molar-refractivity contribution in [2.45, 2.75) is 52.5 Å². The molecule has 2 N–H and O–H groups in total. The van der Waals surface area contributed by atoms with Crippen LogP contribution in [0, 0.1) is 6.92 Å². The highest BCUT2D eigenvalue weighted by molar-refractivity contribution is 7.11. The van der Waals surface area contributed by atoms with Gasteiger partial charge in [0.25, 0.3) is 0 Å².